The average Bonchev–Trinajstić information content (AvgIpc) is 2.42. The molecule has 1 unspecified atom stereocenters. The molecule has 0 saturated heterocycles. The molecule has 0 saturated carbocycles. The lowest BCUT2D eigenvalue weighted by atomic mass is 9.99. The van der Waals surface area contributed by atoms with Gasteiger partial charge < -0.3 is 10.5 Å². The van der Waals surface area contributed by atoms with E-state index in [0.29, 0.717) is 12.0 Å². The highest BCUT2D eigenvalue weighted by Gasteiger charge is 2.11. The van der Waals surface area contributed by atoms with Crippen LogP contribution in [0.1, 0.15) is 17.2 Å². The van der Waals surface area contributed by atoms with Crippen LogP contribution in [-0.4, -0.2) is 7.11 Å². The second-order valence-electron chi connectivity index (χ2n) is 4.45. The zero-order valence-corrected chi connectivity index (χ0v) is 12.5. The van der Waals surface area contributed by atoms with Gasteiger partial charge in [0, 0.05) is 6.04 Å². The molecule has 2 aromatic carbocycles. The number of hydrogen-bond donors (Lipinski definition) is 1. The summed E-state index contributed by atoms with van der Waals surface area (Å²) < 4.78 is 32.1. The van der Waals surface area contributed by atoms with Crippen LogP contribution in [0.4, 0.5) is 8.78 Å². The Labute approximate surface area is 124 Å². The number of ether oxygens (including phenoxy) is 1. The lowest BCUT2D eigenvalue weighted by Crippen LogP contribution is -2.13. The first-order valence-electron chi connectivity index (χ1n) is 6.04. The summed E-state index contributed by atoms with van der Waals surface area (Å²) in [4.78, 5) is 0. The minimum Gasteiger partial charge on any atom is -0.496 e. The normalized spacial score (nSPS) is 12.2. The van der Waals surface area contributed by atoms with Gasteiger partial charge in [0.15, 0.2) is 11.6 Å². The van der Waals surface area contributed by atoms with Crippen molar-refractivity contribution in [2.45, 2.75) is 12.5 Å². The quantitative estimate of drug-likeness (QED) is 0.912. The standard InChI is InChI=1S/C15H14BrF2NO/c1-20-15-5-2-9(6-11(15)16)7-14(19)10-3-4-12(17)13(18)8-10/h2-6,8,14H,7,19H2,1H3. The first-order valence-corrected chi connectivity index (χ1v) is 6.83. The summed E-state index contributed by atoms with van der Waals surface area (Å²) in [6.07, 6.45) is 0.521. The molecular formula is C15H14BrF2NO. The molecule has 5 heteroatoms. The molecule has 20 heavy (non-hydrogen) atoms. The number of methoxy groups -OCH3 is 1. The van der Waals surface area contributed by atoms with E-state index in [4.69, 9.17) is 10.5 Å². The molecule has 0 heterocycles. The molecule has 2 N–H and O–H groups in total. The van der Waals surface area contributed by atoms with Gasteiger partial charge in [-0.3, -0.25) is 0 Å². The van der Waals surface area contributed by atoms with Crippen LogP contribution in [0, 0.1) is 11.6 Å². The number of rotatable bonds is 4. The Kier molecular flexibility index (Phi) is 4.73. The van der Waals surface area contributed by atoms with Gasteiger partial charge >= 0.3 is 0 Å². The predicted molar refractivity (Wildman–Crippen MR) is 77.7 cm³/mol. The first-order chi connectivity index (χ1) is 9.51. The molecule has 0 fully saturated rings. The molecule has 2 rings (SSSR count). The number of halogens is 3. The first kappa shape index (κ1) is 14.9. The van der Waals surface area contributed by atoms with Crippen LogP contribution in [0.3, 0.4) is 0 Å². The van der Waals surface area contributed by atoms with Crippen LogP contribution in [0.5, 0.6) is 5.75 Å². The fourth-order valence-corrected chi connectivity index (χ4v) is 2.54. The van der Waals surface area contributed by atoms with Crippen molar-refractivity contribution in [2.75, 3.05) is 7.11 Å². The van der Waals surface area contributed by atoms with E-state index in [1.54, 1.807) is 7.11 Å². The Bertz CT molecular complexity index is 619. The third-order valence-corrected chi connectivity index (χ3v) is 3.66. The second kappa shape index (κ2) is 6.33. The lowest BCUT2D eigenvalue weighted by molar-refractivity contribution is 0.412. The molecule has 0 spiro atoms. The molecular weight excluding hydrogens is 328 g/mol. The van der Waals surface area contributed by atoms with Gasteiger partial charge in [-0.2, -0.15) is 0 Å². The summed E-state index contributed by atoms with van der Waals surface area (Å²) in [6, 6.07) is 8.96. The lowest BCUT2D eigenvalue weighted by Gasteiger charge is -2.13. The maximum Gasteiger partial charge on any atom is 0.159 e. The van der Waals surface area contributed by atoms with Crippen LogP contribution in [0.25, 0.3) is 0 Å². The predicted octanol–water partition coefficient (Wildman–Crippen LogP) is 3.98. The Hall–Kier alpha value is -1.46. The maximum absolute atomic E-state index is 13.2. The highest BCUT2D eigenvalue weighted by Crippen LogP contribution is 2.27. The second-order valence-corrected chi connectivity index (χ2v) is 5.31. The Morgan fingerprint density at radius 1 is 1.15 bits per heavy atom. The largest absolute Gasteiger partial charge is 0.496 e. The number of nitrogens with two attached hydrogens (primary N) is 1. The molecule has 2 aromatic rings. The van der Waals surface area contributed by atoms with Crippen molar-refractivity contribution in [3.05, 3.63) is 63.6 Å². The van der Waals surface area contributed by atoms with E-state index >= 15 is 0 Å². The fraction of sp³-hybridized carbons (Fsp3) is 0.200. The van der Waals surface area contributed by atoms with Gasteiger partial charge in [-0.15, -0.1) is 0 Å². The van der Waals surface area contributed by atoms with E-state index in [2.05, 4.69) is 15.9 Å². The molecule has 0 aliphatic carbocycles. The van der Waals surface area contributed by atoms with Crippen LogP contribution in [0.15, 0.2) is 40.9 Å². The van der Waals surface area contributed by atoms with Crippen LogP contribution in [-0.2, 0) is 6.42 Å². The van der Waals surface area contributed by atoms with Crippen LogP contribution in [0.2, 0.25) is 0 Å². The van der Waals surface area contributed by atoms with Crippen LogP contribution < -0.4 is 10.5 Å². The maximum atomic E-state index is 13.2. The summed E-state index contributed by atoms with van der Waals surface area (Å²) in [6.45, 7) is 0. The molecule has 0 aliphatic heterocycles. The zero-order valence-electron chi connectivity index (χ0n) is 10.9. The highest BCUT2D eigenvalue weighted by atomic mass is 79.9. The summed E-state index contributed by atoms with van der Waals surface area (Å²) in [5, 5.41) is 0. The SMILES string of the molecule is COc1ccc(CC(N)c2ccc(F)c(F)c2)cc1Br. The van der Waals surface area contributed by atoms with Gasteiger partial charge in [0.05, 0.1) is 11.6 Å². The van der Waals surface area contributed by atoms with Gasteiger partial charge in [0.1, 0.15) is 5.75 Å². The molecule has 1 atom stereocenters. The molecule has 0 amide bonds. The third kappa shape index (κ3) is 3.35. The summed E-state index contributed by atoms with van der Waals surface area (Å²) >= 11 is 3.40. The van der Waals surface area contributed by atoms with Gasteiger partial charge in [-0.05, 0) is 57.7 Å². The van der Waals surface area contributed by atoms with Gasteiger partial charge in [0.25, 0.3) is 0 Å². The minimum atomic E-state index is -0.881. The van der Waals surface area contributed by atoms with Crippen LogP contribution >= 0.6 is 15.9 Å². The van der Waals surface area contributed by atoms with E-state index < -0.39 is 17.7 Å². The van der Waals surface area contributed by atoms with Crippen molar-refractivity contribution < 1.29 is 13.5 Å². The Morgan fingerprint density at radius 2 is 1.90 bits per heavy atom. The van der Waals surface area contributed by atoms with E-state index in [0.717, 1.165) is 27.9 Å². The molecule has 0 aliphatic rings. The van der Waals surface area contributed by atoms with E-state index in [1.165, 1.54) is 6.07 Å². The molecule has 106 valence electrons. The monoisotopic (exact) mass is 341 g/mol. The van der Waals surface area contributed by atoms with E-state index in [1.807, 2.05) is 18.2 Å². The smallest absolute Gasteiger partial charge is 0.159 e. The van der Waals surface area contributed by atoms with Crippen molar-refractivity contribution in [2.24, 2.45) is 5.73 Å². The summed E-state index contributed by atoms with van der Waals surface area (Å²) in [5.74, 6) is -1.02. The molecule has 2 nitrogen and oxygen atoms in total. The molecule has 0 bridgehead atoms. The van der Waals surface area contributed by atoms with Gasteiger partial charge in [-0.1, -0.05) is 12.1 Å². The Balaban J connectivity index is 2.16. The molecule has 0 aromatic heterocycles. The van der Waals surface area contributed by atoms with E-state index in [9.17, 15) is 8.78 Å². The fourth-order valence-electron chi connectivity index (χ4n) is 1.95. The van der Waals surface area contributed by atoms with Gasteiger partial charge in [0.2, 0.25) is 0 Å². The van der Waals surface area contributed by atoms with Crippen molar-refractivity contribution in [3.8, 4) is 5.75 Å². The Morgan fingerprint density at radius 3 is 2.50 bits per heavy atom. The van der Waals surface area contributed by atoms with Crippen molar-refractivity contribution >= 4 is 15.9 Å². The average molecular weight is 342 g/mol. The van der Waals surface area contributed by atoms with Gasteiger partial charge in [-0.25, -0.2) is 8.78 Å². The summed E-state index contributed by atoms with van der Waals surface area (Å²) in [5.41, 5.74) is 7.58. The molecule has 0 radical (unpaired) electrons. The van der Waals surface area contributed by atoms with Crippen molar-refractivity contribution in [1.82, 2.24) is 0 Å². The third-order valence-electron chi connectivity index (χ3n) is 3.04. The topological polar surface area (TPSA) is 35.2 Å². The minimum absolute atomic E-state index is 0.398. The number of hydrogen-bond acceptors (Lipinski definition) is 2. The van der Waals surface area contributed by atoms with Crippen molar-refractivity contribution in [3.63, 3.8) is 0 Å². The van der Waals surface area contributed by atoms with E-state index in [-0.39, 0.29) is 0 Å². The van der Waals surface area contributed by atoms with Crippen molar-refractivity contribution in [1.29, 1.82) is 0 Å². The number of benzene rings is 2. The highest BCUT2D eigenvalue weighted by molar-refractivity contribution is 9.10. The zero-order chi connectivity index (χ0) is 14.7. The summed E-state index contributed by atoms with van der Waals surface area (Å²) in [7, 11) is 1.59.